The molecule has 0 fully saturated rings. The van der Waals surface area contributed by atoms with Gasteiger partial charge in [-0.3, -0.25) is 4.79 Å². The van der Waals surface area contributed by atoms with Crippen LogP contribution < -0.4 is 10.6 Å². The lowest BCUT2D eigenvalue weighted by Crippen LogP contribution is -2.32. The van der Waals surface area contributed by atoms with E-state index in [2.05, 4.69) is 17.6 Å². The zero-order valence-electron chi connectivity index (χ0n) is 14.0. The minimum absolute atomic E-state index is 0. The Balaban J connectivity index is 0.00000312. The highest BCUT2D eigenvalue weighted by Gasteiger charge is 2.22. The molecule has 0 saturated carbocycles. The molecule has 8 heteroatoms. The molecule has 25 heavy (non-hydrogen) atoms. The van der Waals surface area contributed by atoms with Crippen molar-refractivity contribution in [3.05, 3.63) is 54.0 Å². The molecule has 0 atom stereocenters. The number of carbonyl (C=O) groups is 1. The molecule has 2 aromatic rings. The van der Waals surface area contributed by atoms with E-state index in [1.807, 2.05) is 0 Å². The molecular weight excluding hydrogens is 364 g/mol. The lowest BCUT2D eigenvalue weighted by atomic mass is 10.2. The van der Waals surface area contributed by atoms with E-state index < -0.39 is 15.7 Å². The zero-order chi connectivity index (χ0) is 17.4. The SMILES string of the molecule is CCCNCCNC(=O)c1occc1CS(=O)(=O)c1ccccc1.Cl. The summed E-state index contributed by atoms with van der Waals surface area (Å²) < 4.78 is 30.0. The van der Waals surface area contributed by atoms with Gasteiger partial charge in [0.15, 0.2) is 15.6 Å². The van der Waals surface area contributed by atoms with Gasteiger partial charge in [0.25, 0.3) is 5.91 Å². The standard InChI is InChI=1S/C17H22N2O4S.ClH/c1-2-9-18-10-11-19-17(20)16-14(8-12-23-16)13-24(21,22)15-6-4-3-5-7-15;/h3-8,12,18H,2,9-11,13H2,1H3,(H,19,20);1H. The molecule has 0 radical (unpaired) electrons. The number of sulfone groups is 1. The zero-order valence-corrected chi connectivity index (χ0v) is 15.7. The Morgan fingerprint density at radius 3 is 2.48 bits per heavy atom. The van der Waals surface area contributed by atoms with Crippen LogP contribution in [0.3, 0.4) is 0 Å². The average Bonchev–Trinajstić information content (AvgIpc) is 3.03. The van der Waals surface area contributed by atoms with Gasteiger partial charge in [0.1, 0.15) is 0 Å². The number of carbonyl (C=O) groups excluding carboxylic acids is 1. The van der Waals surface area contributed by atoms with Crippen molar-refractivity contribution in [2.24, 2.45) is 0 Å². The number of amides is 1. The summed E-state index contributed by atoms with van der Waals surface area (Å²) in [4.78, 5) is 12.4. The first kappa shape index (κ1) is 21.2. The third-order valence-corrected chi connectivity index (χ3v) is 5.10. The Bertz CT molecular complexity index is 760. The summed E-state index contributed by atoms with van der Waals surface area (Å²) in [6, 6.07) is 9.68. The predicted octanol–water partition coefficient (Wildman–Crippen LogP) is 2.40. The third kappa shape index (κ3) is 6.19. The van der Waals surface area contributed by atoms with E-state index >= 15 is 0 Å². The maximum Gasteiger partial charge on any atom is 0.287 e. The summed E-state index contributed by atoms with van der Waals surface area (Å²) in [5, 5.41) is 5.89. The maximum absolute atomic E-state index is 12.4. The van der Waals surface area contributed by atoms with Crippen molar-refractivity contribution >= 4 is 28.2 Å². The van der Waals surface area contributed by atoms with Crippen LogP contribution in [0.15, 0.2) is 52.0 Å². The second-order valence-electron chi connectivity index (χ2n) is 5.35. The molecule has 6 nitrogen and oxygen atoms in total. The highest BCUT2D eigenvalue weighted by molar-refractivity contribution is 7.90. The van der Waals surface area contributed by atoms with Crippen LogP contribution in [0.4, 0.5) is 0 Å². The minimum Gasteiger partial charge on any atom is -0.459 e. The third-order valence-electron chi connectivity index (χ3n) is 3.41. The van der Waals surface area contributed by atoms with E-state index in [-0.39, 0.29) is 28.8 Å². The summed E-state index contributed by atoms with van der Waals surface area (Å²) >= 11 is 0. The smallest absolute Gasteiger partial charge is 0.287 e. The Morgan fingerprint density at radius 2 is 1.80 bits per heavy atom. The largest absolute Gasteiger partial charge is 0.459 e. The minimum atomic E-state index is -3.52. The second kappa shape index (κ2) is 10.2. The molecule has 0 spiro atoms. The van der Waals surface area contributed by atoms with Crippen molar-refractivity contribution in [1.82, 2.24) is 10.6 Å². The highest BCUT2D eigenvalue weighted by Crippen LogP contribution is 2.19. The fourth-order valence-corrected chi connectivity index (χ4v) is 3.59. The molecule has 1 aromatic carbocycles. The highest BCUT2D eigenvalue weighted by atomic mass is 35.5. The molecule has 0 unspecified atom stereocenters. The second-order valence-corrected chi connectivity index (χ2v) is 7.34. The summed E-state index contributed by atoms with van der Waals surface area (Å²) in [6.45, 7) is 4.05. The first-order chi connectivity index (χ1) is 11.5. The number of nitrogens with one attached hydrogen (secondary N) is 2. The van der Waals surface area contributed by atoms with E-state index in [4.69, 9.17) is 4.42 Å². The number of benzene rings is 1. The van der Waals surface area contributed by atoms with Gasteiger partial charge in [-0.25, -0.2) is 8.42 Å². The van der Waals surface area contributed by atoms with Gasteiger partial charge in [-0.15, -0.1) is 12.4 Å². The van der Waals surface area contributed by atoms with Gasteiger partial charge in [0.2, 0.25) is 0 Å². The Labute approximate surface area is 154 Å². The van der Waals surface area contributed by atoms with Crippen molar-refractivity contribution in [3.63, 3.8) is 0 Å². The van der Waals surface area contributed by atoms with Crippen LogP contribution in [0.5, 0.6) is 0 Å². The van der Waals surface area contributed by atoms with Crippen LogP contribution in [-0.4, -0.2) is 34.0 Å². The van der Waals surface area contributed by atoms with Gasteiger partial charge in [-0.05, 0) is 31.2 Å². The summed E-state index contributed by atoms with van der Waals surface area (Å²) in [5.41, 5.74) is 0.359. The summed E-state index contributed by atoms with van der Waals surface area (Å²) in [7, 11) is -3.52. The number of hydrogen-bond donors (Lipinski definition) is 2. The lowest BCUT2D eigenvalue weighted by Gasteiger charge is -2.07. The quantitative estimate of drug-likeness (QED) is 0.646. The van der Waals surface area contributed by atoms with Gasteiger partial charge < -0.3 is 15.1 Å². The monoisotopic (exact) mass is 386 g/mol. The Hall–Kier alpha value is -1.83. The van der Waals surface area contributed by atoms with Crippen LogP contribution in [0, 0.1) is 0 Å². The van der Waals surface area contributed by atoms with E-state index in [1.165, 1.54) is 24.5 Å². The van der Waals surface area contributed by atoms with E-state index in [0.29, 0.717) is 18.7 Å². The van der Waals surface area contributed by atoms with Crippen molar-refractivity contribution in [3.8, 4) is 0 Å². The Kier molecular flexibility index (Phi) is 8.68. The summed E-state index contributed by atoms with van der Waals surface area (Å²) in [6.07, 6.45) is 2.35. The molecule has 1 aromatic heterocycles. The van der Waals surface area contributed by atoms with Crippen LogP contribution in [0.2, 0.25) is 0 Å². The normalized spacial score (nSPS) is 10.9. The van der Waals surface area contributed by atoms with Crippen molar-refractivity contribution < 1.29 is 17.6 Å². The van der Waals surface area contributed by atoms with Crippen LogP contribution in [0.1, 0.15) is 29.5 Å². The molecule has 1 amide bonds. The molecule has 2 N–H and O–H groups in total. The molecule has 0 aliphatic heterocycles. The number of rotatable bonds is 9. The Morgan fingerprint density at radius 1 is 1.08 bits per heavy atom. The molecule has 0 aliphatic carbocycles. The van der Waals surface area contributed by atoms with Crippen molar-refractivity contribution in [2.75, 3.05) is 19.6 Å². The topological polar surface area (TPSA) is 88.4 Å². The molecule has 2 rings (SSSR count). The van der Waals surface area contributed by atoms with Crippen molar-refractivity contribution in [2.45, 2.75) is 24.0 Å². The average molecular weight is 387 g/mol. The first-order valence-corrected chi connectivity index (χ1v) is 9.53. The van der Waals surface area contributed by atoms with Gasteiger partial charge in [0.05, 0.1) is 16.9 Å². The fourth-order valence-electron chi connectivity index (χ4n) is 2.21. The molecule has 0 saturated heterocycles. The number of halogens is 1. The molecular formula is C17H23ClN2O4S. The number of hydrogen-bond acceptors (Lipinski definition) is 5. The molecule has 0 aliphatic rings. The van der Waals surface area contributed by atoms with Gasteiger partial charge in [0, 0.05) is 18.7 Å². The maximum atomic E-state index is 12.4. The molecule has 138 valence electrons. The predicted molar refractivity (Wildman–Crippen MR) is 98.8 cm³/mol. The molecule has 0 bridgehead atoms. The fraction of sp³-hybridized carbons (Fsp3) is 0.353. The van der Waals surface area contributed by atoms with Gasteiger partial charge in [-0.1, -0.05) is 25.1 Å². The van der Waals surface area contributed by atoms with E-state index in [0.717, 1.165) is 13.0 Å². The number of furan rings is 1. The van der Waals surface area contributed by atoms with Crippen LogP contribution in [0.25, 0.3) is 0 Å². The van der Waals surface area contributed by atoms with Crippen LogP contribution in [-0.2, 0) is 15.6 Å². The first-order valence-electron chi connectivity index (χ1n) is 7.87. The molecule has 1 heterocycles. The summed E-state index contributed by atoms with van der Waals surface area (Å²) in [5.74, 6) is -0.633. The van der Waals surface area contributed by atoms with Gasteiger partial charge >= 0.3 is 0 Å². The van der Waals surface area contributed by atoms with E-state index in [1.54, 1.807) is 18.2 Å². The lowest BCUT2D eigenvalue weighted by molar-refractivity contribution is 0.0925. The van der Waals surface area contributed by atoms with Crippen LogP contribution >= 0.6 is 12.4 Å². The van der Waals surface area contributed by atoms with Gasteiger partial charge in [-0.2, -0.15) is 0 Å². The van der Waals surface area contributed by atoms with E-state index in [9.17, 15) is 13.2 Å². The van der Waals surface area contributed by atoms with Crippen molar-refractivity contribution in [1.29, 1.82) is 0 Å².